The molecule has 0 spiro atoms. The van der Waals surface area contributed by atoms with Gasteiger partial charge in [0, 0.05) is 11.8 Å². The molecule has 0 aliphatic carbocycles. The van der Waals surface area contributed by atoms with Crippen LogP contribution in [0.4, 0.5) is 0 Å². The van der Waals surface area contributed by atoms with Crippen LogP contribution >= 0.6 is 12.6 Å². The molecule has 12 heavy (non-hydrogen) atoms. The van der Waals surface area contributed by atoms with Crippen molar-refractivity contribution in [2.75, 3.05) is 12.8 Å². The lowest BCUT2D eigenvalue weighted by molar-refractivity contribution is 0.663. The van der Waals surface area contributed by atoms with Gasteiger partial charge in [0.05, 0.1) is 0 Å². The minimum atomic E-state index is 0.369. The second-order valence-electron chi connectivity index (χ2n) is 2.94. The van der Waals surface area contributed by atoms with Gasteiger partial charge < -0.3 is 5.32 Å². The molecule has 0 heterocycles. The number of hydrogen-bond acceptors (Lipinski definition) is 2. The molecule has 0 aliphatic heterocycles. The van der Waals surface area contributed by atoms with Crippen molar-refractivity contribution in [2.45, 2.75) is 13.0 Å². The highest BCUT2D eigenvalue weighted by atomic mass is 32.1. The molecule has 0 fully saturated rings. The van der Waals surface area contributed by atoms with Gasteiger partial charge in [-0.05, 0) is 19.5 Å². The smallest absolute Gasteiger partial charge is 0.0406 e. The summed E-state index contributed by atoms with van der Waals surface area (Å²) in [6, 6.07) is 8.88. The van der Waals surface area contributed by atoms with Crippen molar-refractivity contribution in [3.63, 3.8) is 0 Å². The normalized spacial score (nSPS) is 12.9. The van der Waals surface area contributed by atoms with Gasteiger partial charge in [0.15, 0.2) is 0 Å². The van der Waals surface area contributed by atoms with Crippen LogP contribution in [0.25, 0.3) is 0 Å². The van der Waals surface area contributed by atoms with Gasteiger partial charge in [-0.25, -0.2) is 0 Å². The average Bonchev–Trinajstić information content (AvgIpc) is 2.07. The maximum absolute atomic E-state index is 4.28. The van der Waals surface area contributed by atoms with Gasteiger partial charge in [-0.3, -0.25) is 0 Å². The first-order valence-corrected chi connectivity index (χ1v) is 4.76. The molecule has 0 saturated carbocycles. The van der Waals surface area contributed by atoms with E-state index in [2.05, 4.69) is 49.1 Å². The third-order valence-corrected chi connectivity index (χ3v) is 2.34. The van der Waals surface area contributed by atoms with Crippen LogP contribution in [0, 0.1) is 6.92 Å². The van der Waals surface area contributed by atoms with Crippen molar-refractivity contribution in [2.24, 2.45) is 0 Å². The summed E-state index contributed by atoms with van der Waals surface area (Å²) >= 11 is 4.28. The molecule has 66 valence electrons. The minimum absolute atomic E-state index is 0.369. The standard InChI is InChI=1S/C10H15NS/c1-8-4-3-5-9(6-8)10(7-12)11-2/h3-6,10-12H,7H2,1-2H3. The summed E-state index contributed by atoms with van der Waals surface area (Å²) in [5.74, 6) is 0.833. The molecule has 0 aromatic heterocycles. The molecule has 1 N–H and O–H groups in total. The molecule has 0 radical (unpaired) electrons. The number of hydrogen-bond donors (Lipinski definition) is 2. The molecule has 0 amide bonds. The second-order valence-corrected chi connectivity index (χ2v) is 3.30. The van der Waals surface area contributed by atoms with Crippen molar-refractivity contribution < 1.29 is 0 Å². The zero-order chi connectivity index (χ0) is 8.97. The molecule has 2 heteroatoms. The van der Waals surface area contributed by atoms with Crippen LogP contribution in [-0.4, -0.2) is 12.8 Å². The molecular formula is C10H15NS. The number of aryl methyl sites for hydroxylation is 1. The van der Waals surface area contributed by atoms with Crippen LogP contribution in [0.3, 0.4) is 0 Å². The zero-order valence-corrected chi connectivity index (χ0v) is 8.44. The van der Waals surface area contributed by atoms with E-state index in [1.807, 2.05) is 7.05 Å². The molecule has 1 aromatic carbocycles. The highest BCUT2D eigenvalue weighted by molar-refractivity contribution is 7.80. The van der Waals surface area contributed by atoms with E-state index < -0.39 is 0 Å². The lowest BCUT2D eigenvalue weighted by atomic mass is 10.1. The Morgan fingerprint density at radius 3 is 2.75 bits per heavy atom. The average molecular weight is 181 g/mol. The van der Waals surface area contributed by atoms with E-state index >= 15 is 0 Å². The van der Waals surface area contributed by atoms with Gasteiger partial charge in [-0.15, -0.1) is 0 Å². The van der Waals surface area contributed by atoms with Crippen molar-refractivity contribution in [1.29, 1.82) is 0 Å². The monoisotopic (exact) mass is 181 g/mol. The van der Waals surface area contributed by atoms with Gasteiger partial charge in [-0.1, -0.05) is 29.8 Å². The SMILES string of the molecule is CNC(CS)c1cccc(C)c1. The first-order valence-electron chi connectivity index (χ1n) is 4.12. The molecule has 0 saturated heterocycles. The first kappa shape index (κ1) is 9.62. The van der Waals surface area contributed by atoms with Crippen LogP contribution in [-0.2, 0) is 0 Å². The Bertz CT molecular complexity index is 243. The largest absolute Gasteiger partial charge is 0.312 e. The van der Waals surface area contributed by atoms with E-state index in [0.717, 1.165) is 5.75 Å². The summed E-state index contributed by atoms with van der Waals surface area (Å²) in [6.07, 6.45) is 0. The Morgan fingerprint density at radius 2 is 2.25 bits per heavy atom. The van der Waals surface area contributed by atoms with Crippen molar-refractivity contribution in [1.82, 2.24) is 5.32 Å². The van der Waals surface area contributed by atoms with E-state index in [4.69, 9.17) is 0 Å². The van der Waals surface area contributed by atoms with Gasteiger partial charge in [0.2, 0.25) is 0 Å². The Morgan fingerprint density at radius 1 is 1.50 bits per heavy atom. The fourth-order valence-electron chi connectivity index (χ4n) is 1.25. The molecule has 1 rings (SSSR count). The summed E-state index contributed by atoms with van der Waals surface area (Å²) in [5.41, 5.74) is 2.61. The van der Waals surface area contributed by atoms with Gasteiger partial charge in [-0.2, -0.15) is 12.6 Å². The first-order chi connectivity index (χ1) is 5.77. The van der Waals surface area contributed by atoms with E-state index in [0.29, 0.717) is 6.04 Å². The van der Waals surface area contributed by atoms with E-state index in [1.165, 1.54) is 11.1 Å². The van der Waals surface area contributed by atoms with Crippen LogP contribution in [0.15, 0.2) is 24.3 Å². The lowest BCUT2D eigenvalue weighted by Gasteiger charge is -2.13. The Balaban J connectivity index is 2.85. The predicted octanol–water partition coefficient (Wildman–Crippen LogP) is 2.19. The lowest BCUT2D eigenvalue weighted by Crippen LogP contribution is -2.17. The molecule has 1 nitrogen and oxygen atoms in total. The molecular weight excluding hydrogens is 166 g/mol. The highest BCUT2D eigenvalue weighted by Gasteiger charge is 2.05. The van der Waals surface area contributed by atoms with E-state index in [9.17, 15) is 0 Å². The summed E-state index contributed by atoms with van der Waals surface area (Å²) in [7, 11) is 1.96. The Kier molecular flexibility index (Phi) is 3.63. The maximum atomic E-state index is 4.28. The zero-order valence-electron chi connectivity index (χ0n) is 7.54. The quantitative estimate of drug-likeness (QED) is 0.681. The molecule has 1 atom stereocenters. The third kappa shape index (κ3) is 2.26. The highest BCUT2D eigenvalue weighted by Crippen LogP contribution is 2.14. The van der Waals surface area contributed by atoms with Crippen LogP contribution < -0.4 is 5.32 Å². The molecule has 1 aromatic rings. The topological polar surface area (TPSA) is 12.0 Å². The van der Waals surface area contributed by atoms with Crippen molar-refractivity contribution >= 4 is 12.6 Å². The Hall–Kier alpha value is -0.470. The van der Waals surface area contributed by atoms with Crippen molar-refractivity contribution in [3.8, 4) is 0 Å². The predicted molar refractivity (Wildman–Crippen MR) is 56.8 cm³/mol. The summed E-state index contributed by atoms with van der Waals surface area (Å²) in [6.45, 7) is 2.11. The number of thiol groups is 1. The van der Waals surface area contributed by atoms with Gasteiger partial charge >= 0.3 is 0 Å². The van der Waals surface area contributed by atoms with Crippen LogP contribution in [0.5, 0.6) is 0 Å². The minimum Gasteiger partial charge on any atom is -0.312 e. The van der Waals surface area contributed by atoms with Crippen LogP contribution in [0.2, 0.25) is 0 Å². The van der Waals surface area contributed by atoms with Crippen LogP contribution in [0.1, 0.15) is 17.2 Å². The Labute approximate surface area is 79.6 Å². The molecule has 0 bridgehead atoms. The molecule has 1 unspecified atom stereocenters. The fourth-order valence-corrected chi connectivity index (χ4v) is 1.64. The molecule has 0 aliphatic rings. The summed E-state index contributed by atoms with van der Waals surface area (Å²) in [4.78, 5) is 0. The summed E-state index contributed by atoms with van der Waals surface area (Å²) in [5, 5.41) is 3.22. The fraction of sp³-hybridized carbons (Fsp3) is 0.400. The maximum Gasteiger partial charge on any atom is 0.0406 e. The van der Waals surface area contributed by atoms with Gasteiger partial charge in [0.25, 0.3) is 0 Å². The van der Waals surface area contributed by atoms with E-state index in [1.54, 1.807) is 0 Å². The third-order valence-electron chi connectivity index (χ3n) is 1.98. The summed E-state index contributed by atoms with van der Waals surface area (Å²) < 4.78 is 0. The second kappa shape index (κ2) is 4.53. The van der Waals surface area contributed by atoms with Crippen molar-refractivity contribution in [3.05, 3.63) is 35.4 Å². The van der Waals surface area contributed by atoms with E-state index in [-0.39, 0.29) is 0 Å². The number of benzene rings is 1. The van der Waals surface area contributed by atoms with Gasteiger partial charge in [0.1, 0.15) is 0 Å². The number of rotatable bonds is 3. The number of nitrogens with one attached hydrogen (secondary N) is 1.